The molecular weight excluding hydrogens is 244 g/mol. The van der Waals surface area contributed by atoms with E-state index in [4.69, 9.17) is 15.6 Å². The number of ether oxygens (including phenoxy) is 1. The molecule has 1 rings (SSSR count). The zero-order chi connectivity index (χ0) is 13.1. The van der Waals surface area contributed by atoms with Gasteiger partial charge in [0.15, 0.2) is 0 Å². The molecule has 0 spiro atoms. The van der Waals surface area contributed by atoms with Crippen molar-refractivity contribution in [3.05, 3.63) is 18.2 Å². The van der Waals surface area contributed by atoms with Gasteiger partial charge in [0.25, 0.3) is 0 Å². The van der Waals surface area contributed by atoms with Gasteiger partial charge in [0.05, 0.1) is 13.7 Å². The van der Waals surface area contributed by atoms with E-state index < -0.39 is 16.1 Å². The minimum atomic E-state index is -3.72. The second-order valence-electron chi connectivity index (χ2n) is 3.62. The smallest absolute Gasteiger partial charge is 0.244 e. The van der Waals surface area contributed by atoms with E-state index in [1.54, 1.807) is 6.92 Å². The van der Waals surface area contributed by atoms with Crippen molar-refractivity contribution < 1.29 is 18.3 Å². The Labute approximate surface area is 100 Å². The lowest BCUT2D eigenvalue weighted by Gasteiger charge is -2.14. The van der Waals surface area contributed by atoms with E-state index in [0.29, 0.717) is 5.69 Å². The van der Waals surface area contributed by atoms with Crippen molar-refractivity contribution in [1.29, 1.82) is 0 Å². The molecular formula is C10H16N2O4S. The molecule has 96 valence electrons. The second-order valence-corrected chi connectivity index (χ2v) is 5.30. The van der Waals surface area contributed by atoms with E-state index in [1.807, 2.05) is 0 Å². The summed E-state index contributed by atoms with van der Waals surface area (Å²) in [5, 5.41) is 8.84. The van der Waals surface area contributed by atoms with E-state index >= 15 is 0 Å². The number of rotatable bonds is 5. The summed E-state index contributed by atoms with van der Waals surface area (Å²) in [5.41, 5.74) is 5.95. The zero-order valence-corrected chi connectivity index (χ0v) is 10.5. The van der Waals surface area contributed by atoms with Crippen LogP contribution in [0.4, 0.5) is 5.69 Å². The third-order valence-electron chi connectivity index (χ3n) is 2.11. The summed E-state index contributed by atoms with van der Waals surface area (Å²) in [6.45, 7) is 1.28. The Kier molecular flexibility index (Phi) is 4.33. The van der Waals surface area contributed by atoms with Crippen LogP contribution in [0.15, 0.2) is 23.1 Å². The van der Waals surface area contributed by atoms with E-state index in [-0.39, 0.29) is 17.3 Å². The minimum Gasteiger partial charge on any atom is -0.495 e. The molecule has 0 aliphatic heterocycles. The Balaban J connectivity index is 3.15. The average Bonchev–Trinajstić information content (AvgIpc) is 2.27. The number of aliphatic hydroxyl groups excluding tert-OH is 1. The lowest BCUT2D eigenvalue weighted by Crippen LogP contribution is -2.35. The van der Waals surface area contributed by atoms with Crippen LogP contribution >= 0.6 is 0 Å². The first kappa shape index (κ1) is 13.8. The molecule has 6 nitrogen and oxygen atoms in total. The van der Waals surface area contributed by atoms with Gasteiger partial charge in [0, 0.05) is 17.8 Å². The van der Waals surface area contributed by atoms with E-state index in [9.17, 15) is 8.42 Å². The van der Waals surface area contributed by atoms with Gasteiger partial charge in [-0.2, -0.15) is 0 Å². The van der Waals surface area contributed by atoms with E-state index in [1.165, 1.54) is 25.3 Å². The standard InChI is InChI=1S/C10H16N2O4S/c1-7(6-13)12-17(14,15)10-4-3-8(11)5-9(10)16-2/h3-5,7,12-13H,6,11H2,1-2H3. The molecule has 0 radical (unpaired) electrons. The number of methoxy groups -OCH3 is 1. The molecule has 0 heterocycles. The van der Waals surface area contributed by atoms with Crippen LogP contribution in [-0.2, 0) is 10.0 Å². The van der Waals surface area contributed by atoms with Gasteiger partial charge in [0.2, 0.25) is 10.0 Å². The molecule has 0 saturated carbocycles. The van der Waals surface area contributed by atoms with Crippen LogP contribution in [0.3, 0.4) is 0 Å². The monoisotopic (exact) mass is 260 g/mol. The molecule has 0 aliphatic rings. The van der Waals surface area contributed by atoms with Crippen LogP contribution in [0.2, 0.25) is 0 Å². The molecule has 1 atom stereocenters. The van der Waals surface area contributed by atoms with Crippen LogP contribution in [0.25, 0.3) is 0 Å². The molecule has 0 bridgehead atoms. The molecule has 4 N–H and O–H groups in total. The first-order chi connectivity index (χ1) is 7.90. The van der Waals surface area contributed by atoms with Gasteiger partial charge in [-0.15, -0.1) is 0 Å². The number of anilines is 1. The third-order valence-corrected chi connectivity index (χ3v) is 3.74. The second kappa shape index (κ2) is 5.35. The highest BCUT2D eigenvalue weighted by atomic mass is 32.2. The summed E-state index contributed by atoms with van der Waals surface area (Å²) in [4.78, 5) is -0.00509. The fourth-order valence-electron chi connectivity index (χ4n) is 1.27. The van der Waals surface area contributed by atoms with Gasteiger partial charge in [-0.25, -0.2) is 13.1 Å². The summed E-state index contributed by atoms with van der Waals surface area (Å²) >= 11 is 0. The molecule has 0 fully saturated rings. The van der Waals surface area contributed by atoms with Gasteiger partial charge < -0.3 is 15.6 Å². The van der Waals surface area contributed by atoms with Crippen molar-refractivity contribution in [3.8, 4) is 5.75 Å². The van der Waals surface area contributed by atoms with Gasteiger partial charge in [-0.05, 0) is 19.1 Å². The normalized spacial score (nSPS) is 13.4. The van der Waals surface area contributed by atoms with Crippen LogP contribution < -0.4 is 15.2 Å². The SMILES string of the molecule is COc1cc(N)ccc1S(=O)(=O)NC(C)CO. The molecule has 17 heavy (non-hydrogen) atoms. The number of sulfonamides is 1. The molecule has 0 aliphatic carbocycles. The largest absolute Gasteiger partial charge is 0.495 e. The van der Waals surface area contributed by atoms with Crippen LogP contribution in [-0.4, -0.2) is 33.3 Å². The molecule has 1 aromatic carbocycles. The first-order valence-corrected chi connectivity index (χ1v) is 6.45. The van der Waals surface area contributed by atoms with E-state index in [0.717, 1.165) is 0 Å². The van der Waals surface area contributed by atoms with Crippen molar-refractivity contribution in [3.63, 3.8) is 0 Å². The Hall–Kier alpha value is -1.31. The Bertz CT molecular complexity index is 487. The van der Waals surface area contributed by atoms with Crippen molar-refractivity contribution in [2.45, 2.75) is 17.9 Å². The number of benzene rings is 1. The molecule has 1 unspecified atom stereocenters. The summed E-state index contributed by atoms with van der Waals surface area (Å²) in [7, 11) is -2.36. The minimum absolute atomic E-state index is 0.00509. The summed E-state index contributed by atoms with van der Waals surface area (Å²) in [6, 6.07) is 3.70. The van der Waals surface area contributed by atoms with E-state index in [2.05, 4.69) is 4.72 Å². The van der Waals surface area contributed by atoms with Crippen molar-refractivity contribution in [1.82, 2.24) is 4.72 Å². The Morgan fingerprint density at radius 3 is 2.71 bits per heavy atom. The molecule has 1 aromatic rings. The van der Waals surface area contributed by atoms with Crippen LogP contribution in [0, 0.1) is 0 Å². The fourth-order valence-corrected chi connectivity index (χ4v) is 2.66. The predicted octanol–water partition coefficient (Wildman–Crippen LogP) is -0.0635. The number of hydrogen-bond acceptors (Lipinski definition) is 5. The fraction of sp³-hybridized carbons (Fsp3) is 0.400. The highest BCUT2D eigenvalue weighted by Crippen LogP contribution is 2.25. The lowest BCUT2D eigenvalue weighted by molar-refractivity contribution is 0.265. The summed E-state index contributed by atoms with van der Waals surface area (Å²) < 4.78 is 31.2. The Morgan fingerprint density at radius 2 is 2.18 bits per heavy atom. The van der Waals surface area contributed by atoms with Crippen molar-refractivity contribution >= 4 is 15.7 Å². The van der Waals surface area contributed by atoms with Gasteiger partial charge >= 0.3 is 0 Å². The maximum Gasteiger partial charge on any atom is 0.244 e. The quantitative estimate of drug-likeness (QED) is 0.644. The van der Waals surface area contributed by atoms with Crippen molar-refractivity contribution in [2.24, 2.45) is 0 Å². The number of nitrogen functional groups attached to an aromatic ring is 1. The number of nitrogens with two attached hydrogens (primary N) is 1. The number of aliphatic hydroxyl groups is 1. The topological polar surface area (TPSA) is 102 Å². The zero-order valence-electron chi connectivity index (χ0n) is 9.67. The predicted molar refractivity (Wildman–Crippen MR) is 64.3 cm³/mol. The van der Waals surface area contributed by atoms with Crippen molar-refractivity contribution in [2.75, 3.05) is 19.5 Å². The van der Waals surface area contributed by atoms with Gasteiger partial charge in [-0.3, -0.25) is 0 Å². The van der Waals surface area contributed by atoms with Crippen LogP contribution in [0.5, 0.6) is 5.75 Å². The number of nitrogens with one attached hydrogen (secondary N) is 1. The molecule has 0 aromatic heterocycles. The number of hydrogen-bond donors (Lipinski definition) is 3. The van der Waals surface area contributed by atoms with Gasteiger partial charge in [0.1, 0.15) is 10.6 Å². The highest BCUT2D eigenvalue weighted by Gasteiger charge is 2.21. The maximum atomic E-state index is 11.9. The Morgan fingerprint density at radius 1 is 1.53 bits per heavy atom. The summed E-state index contributed by atoms with van der Waals surface area (Å²) in [5.74, 6) is 0.169. The summed E-state index contributed by atoms with van der Waals surface area (Å²) in [6.07, 6.45) is 0. The lowest BCUT2D eigenvalue weighted by atomic mass is 10.3. The molecule has 7 heteroatoms. The average molecular weight is 260 g/mol. The highest BCUT2D eigenvalue weighted by molar-refractivity contribution is 7.89. The van der Waals surface area contributed by atoms with Crippen LogP contribution in [0.1, 0.15) is 6.92 Å². The first-order valence-electron chi connectivity index (χ1n) is 4.97. The maximum absolute atomic E-state index is 11.9. The molecule has 0 saturated heterocycles. The molecule has 0 amide bonds. The van der Waals surface area contributed by atoms with Gasteiger partial charge in [-0.1, -0.05) is 0 Å². The third kappa shape index (κ3) is 3.32.